The second-order valence-corrected chi connectivity index (χ2v) is 7.26. The molecule has 3 rings (SSSR count). The van der Waals surface area contributed by atoms with E-state index in [-0.39, 0.29) is 18.4 Å². The number of likely N-dealkylation sites (tertiary alicyclic amines) is 1. The first-order valence-corrected chi connectivity index (χ1v) is 9.89. The number of nitrogens with one attached hydrogen (secondary N) is 1. The van der Waals surface area contributed by atoms with E-state index in [1.54, 1.807) is 31.4 Å². The van der Waals surface area contributed by atoms with Gasteiger partial charge in [0.1, 0.15) is 5.75 Å². The molecule has 0 aliphatic carbocycles. The van der Waals surface area contributed by atoms with Crippen molar-refractivity contribution in [2.75, 3.05) is 26.7 Å². The molecule has 1 heterocycles. The summed E-state index contributed by atoms with van der Waals surface area (Å²) in [5.74, 6) is 1.01. The molecule has 0 radical (unpaired) electrons. The summed E-state index contributed by atoms with van der Waals surface area (Å²) in [4.78, 5) is 26.5. The predicted molar refractivity (Wildman–Crippen MR) is 109 cm³/mol. The molecule has 1 fully saturated rings. The molecule has 1 aliphatic heterocycles. The van der Waals surface area contributed by atoms with Crippen molar-refractivity contribution >= 4 is 11.8 Å². The van der Waals surface area contributed by atoms with Gasteiger partial charge in [0.25, 0.3) is 5.91 Å². The maximum absolute atomic E-state index is 12.4. The van der Waals surface area contributed by atoms with Crippen molar-refractivity contribution in [1.29, 1.82) is 0 Å². The lowest BCUT2D eigenvalue weighted by Gasteiger charge is -2.32. The first kappa shape index (κ1) is 19.9. The van der Waals surface area contributed by atoms with Gasteiger partial charge >= 0.3 is 0 Å². The van der Waals surface area contributed by atoms with Crippen molar-refractivity contribution in [3.8, 4) is 5.75 Å². The zero-order valence-electron chi connectivity index (χ0n) is 16.4. The van der Waals surface area contributed by atoms with Gasteiger partial charge < -0.3 is 15.0 Å². The van der Waals surface area contributed by atoms with Crippen LogP contribution in [0.15, 0.2) is 54.6 Å². The minimum absolute atomic E-state index is 0.0160. The van der Waals surface area contributed by atoms with Gasteiger partial charge in [-0.1, -0.05) is 36.4 Å². The summed E-state index contributed by atoms with van der Waals surface area (Å²) in [6.45, 7) is 1.57. The van der Waals surface area contributed by atoms with Crippen molar-refractivity contribution in [2.24, 2.45) is 5.92 Å². The molecule has 0 saturated carbocycles. The van der Waals surface area contributed by atoms with E-state index in [0.717, 1.165) is 32.4 Å². The Kier molecular flexibility index (Phi) is 7.06. The minimum Gasteiger partial charge on any atom is -0.497 e. The average molecular weight is 380 g/mol. The Bertz CT molecular complexity index is 783. The second kappa shape index (κ2) is 9.93. The Morgan fingerprint density at radius 2 is 1.82 bits per heavy atom. The minimum atomic E-state index is -0.259. The lowest BCUT2D eigenvalue weighted by molar-refractivity contribution is -0.131. The van der Waals surface area contributed by atoms with Crippen LogP contribution in [0.1, 0.15) is 35.2 Å². The van der Waals surface area contributed by atoms with Crippen LogP contribution in [0.3, 0.4) is 0 Å². The van der Waals surface area contributed by atoms with Gasteiger partial charge in [-0.15, -0.1) is 0 Å². The van der Waals surface area contributed by atoms with Crippen LogP contribution in [-0.2, 0) is 11.2 Å². The van der Waals surface area contributed by atoms with E-state index in [9.17, 15) is 9.59 Å². The normalized spacial score (nSPS) is 14.5. The van der Waals surface area contributed by atoms with Gasteiger partial charge in [-0.25, -0.2) is 0 Å². The number of aryl methyl sites for hydroxylation is 1. The van der Waals surface area contributed by atoms with Crippen LogP contribution in [0.25, 0.3) is 0 Å². The highest BCUT2D eigenvalue weighted by atomic mass is 16.5. The summed E-state index contributed by atoms with van der Waals surface area (Å²) in [7, 11) is 1.56. The standard InChI is InChI=1S/C23H28N2O3/c1-28-21-9-5-8-20(16-21)23(27)24-17-22(26)25-14-12-19(13-15-25)11-10-18-6-3-2-4-7-18/h2-9,16,19H,10-15,17H2,1H3,(H,24,27). The highest BCUT2D eigenvalue weighted by Crippen LogP contribution is 2.22. The molecule has 148 valence electrons. The quantitative estimate of drug-likeness (QED) is 0.802. The molecule has 5 nitrogen and oxygen atoms in total. The van der Waals surface area contributed by atoms with E-state index < -0.39 is 0 Å². The number of piperidine rings is 1. The van der Waals surface area contributed by atoms with Crippen LogP contribution in [0.2, 0.25) is 0 Å². The van der Waals surface area contributed by atoms with Crippen molar-refractivity contribution in [1.82, 2.24) is 10.2 Å². The fourth-order valence-corrected chi connectivity index (χ4v) is 3.62. The summed E-state index contributed by atoms with van der Waals surface area (Å²) in [5.41, 5.74) is 1.87. The number of methoxy groups -OCH3 is 1. The Balaban J connectivity index is 1.39. The highest BCUT2D eigenvalue weighted by Gasteiger charge is 2.23. The zero-order chi connectivity index (χ0) is 19.8. The summed E-state index contributed by atoms with van der Waals surface area (Å²) in [6.07, 6.45) is 4.32. The predicted octanol–water partition coefficient (Wildman–Crippen LogP) is 3.30. The summed E-state index contributed by atoms with van der Waals surface area (Å²) < 4.78 is 5.13. The Hall–Kier alpha value is -2.82. The molecule has 0 aromatic heterocycles. The smallest absolute Gasteiger partial charge is 0.251 e. The summed E-state index contributed by atoms with van der Waals surface area (Å²) >= 11 is 0. The molecule has 0 bridgehead atoms. The number of carbonyl (C=O) groups excluding carboxylic acids is 2. The summed E-state index contributed by atoms with van der Waals surface area (Å²) in [6, 6.07) is 17.5. The lowest BCUT2D eigenvalue weighted by Crippen LogP contribution is -2.44. The van der Waals surface area contributed by atoms with Crippen molar-refractivity contribution in [2.45, 2.75) is 25.7 Å². The molecule has 5 heteroatoms. The third-order valence-corrected chi connectivity index (χ3v) is 5.38. The van der Waals surface area contributed by atoms with E-state index >= 15 is 0 Å². The Morgan fingerprint density at radius 1 is 1.07 bits per heavy atom. The van der Waals surface area contributed by atoms with Gasteiger partial charge in [0.15, 0.2) is 0 Å². The van der Waals surface area contributed by atoms with Gasteiger partial charge in [0, 0.05) is 18.7 Å². The van der Waals surface area contributed by atoms with Gasteiger partial charge in [0.05, 0.1) is 13.7 Å². The molecular weight excluding hydrogens is 352 g/mol. The maximum Gasteiger partial charge on any atom is 0.251 e. The molecule has 1 aliphatic rings. The lowest BCUT2D eigenvalue weighted by atomic mass is 9.90. The van der Waals surface area contributed by atoms with E-state index in [0.29, 0.717) is 17.2 Å². The Labute approximate surface area is 166 Å². The fraction of sp³-hybridized carbons (Fsp3) is 0.391. The van der Waals surface area contributed by atoms with E-state index in [1.165, 1.54) is 12.0 Å². The van der Waals surface area contributed by atoms with E-state index in [2.05, 4.69) is 29.6 Å². The van der Waals surface area contributed by atoms with Gasteiger partial charge in [-0.05, 0) is 55.4 Å². The average Bonchev–Trinajstić information content (AvgIpc) is 2.77. The molecule has 0 atom stereocenters. The third-order valence-electron chi connectivity index (χ3n) is 5.38. The Morgan fingerprint density at radius 3 is 2.54 bits per heavy atom. The maximum atomic E-state index is 12.4. The molecule has 2 amide bonds. The molecule has 0 spiro atoms. The van der Waals surface area contributed by atoms with E-state index in [4.69, 9.17) is 4.74 Å². The molecular formula is C23H28N2O3. The molecule has 1 saturated heterocycles. The van der Waals surface area contributed by atoms with Crippen LogP contribution >= 0.6 is 0 Å². The van der Waals surface area contributed by atoms with Crippen LogP contribution in [-0.4, -0.2) is 43.5 Å². The number of amides is 2. The summed E-state index contributed by atoms with van der Waals surface area (Å²) in [5, 5.41) is 2.72. The molecule has 28 heavy (non-hydrogen) atoms. The van der Waals surface area contributed by atoms with Gasteiger partial charge in [0.2, 0.25) is 5.91 Å². The second-order valence-electron chi connectivity index (χ2n) is 7.26. The zero-order valence-corrected chi connectivity index (χ0v) is 16.4. The first-order valence-electron chi connectivity index (χ1n) is 9.89. The number of carbonyl (C=O) groups is 2. The SMILES string of the molecule is COc1cccc(C(=O)NCC(=O)N2CCC(CCc3ccccc3)CC2)c1. The number of hydrogen-bond acceptors (Lipinski definition) is 3. The highest BCUT2D eigenvalue weighted by molar-refractivity contribution is 5.96. The van der Waals surface area contributed by atoms with Crippen molar-refractivity contribution in [3.63, 3.8) is 0 Å². The third kappa shape index (κ3) is 5.59. The van der Waals surface area contributed by atoms with Crippen LogP contribution in [0.5, 0.6) is 5.75 Å². The molecule has 2 aromatic carbocycles. The largest absolute Gasteiger partial charge is 0.497 e. The molecule has 1 N–H and O–H groups in total. The van der Waals surface area contributed by atoms with Crippen LogP contribution < -0.4 is 10.1 Å². The molecule has 0 unspecified atom stereocenters. The fourth-order valence-electron chi connectivity index (χ4n) is 3.62. The topological polar surface area (TPSA) is 58.6 Å². The van der Waals surface area contributed by atoms with Gasteiger partial charge in [-0.3, -0.25) is 9.59 Å². The number of nitrogens with zero attached hydrogens (tertiary/aromatic N) is 1. The van der Waals surface area contributed by atoms with E-state index in [1.807, 2.05) is 11.0 Å². The van der Waals surface area contributed by atoms with Crippen LogP contribution in [0.4, 0.5) is 0 Å². The first-order chi connectivity index (χ1) is 13.7. The number of ether oxygens (including phenoxy) is 1. The monoisotopic (exact) mass is 380 g/mol. The number of benzene rings is 2. The molecule has 2 aromatic rings. The number of rotatable bonds is 7. The van der Waals surface area contributed by atoms with Crippen LogP contribution in [0, 0.1) is 5.92 Å². The van der Waals surface area contributed by atoms with Crippen molar-refractivity contribution < 1.29 is 14.3 Å². The van der Waals surface area contributed by atoms with Gasteiger partial charge in [-0.2, -0.15) is 0 Å². The number of hydrogen-bond donors (Lipinski definition) is 1. The van der Waals surface area contributed by atoms with Crippen molar-refractivity contribution in [3.05, 3.63) is 65.7 Å².